The second-order valence-electron chi connectivity index (χ2n) is 15.6. The third-order valence-electron chi connectivity index (χ3n) is 12.4. The highest BCUT2D eigenvalue weighted by atomic mass is 32.1. The largest absolute Gasteiger partial charge is 0.310 e. The van der Waals surface area contributed by atoms with Crippen molar-refractivity contribution in [3.8, 4) is 27.9 Å². The van der Waals surface area contributed by atoms with Gasteiger partial charge < -0.3 is 4.57 Å². The van der Waals surface area contributed by atoms with E-state index in [9.17, 15) is 0 Å². The second-order valence-corrected chi connectivity index (χ2v) is 15.8. The highest BCUT2D eigenvalue weighted by Crippen LogP contribution is 2.45. The monoisotopic (exact) mass is 777 g/mol. The van der Waals surface area contributed by atoms with Crippen molar-refractivity contribution in [2.24, 2.45) is 0 Å². The lowest BCUT2D eigenvalue weighted by Crippen LogP contribution is -1.97. The Morgan fingerprint density at radius 1 is 0.644 bits per heavy atom. The van der Waals surface area contributed by atoms with Crippen molar-refractivity contribution in [2.75, 3.05) is 0 Å². The van der Waals surface area contributed by atoms with Gasteiger partial charge in [0, 0.05) is 11.1 Å². The summed E-state index contributed by atoms with van der Waals surface area (Å²) in [7, 11) is 0. The van der Waals surface area contributed by atoms with Crippen LogP contribution in [-0.4, -0.2) is 4.57 Å². The van der Waals surface area contributed by atoms with Crippen molar-refractivity contribution < 1.29 is 0 Å². The molecule has 3 aliphatic rings. The predicted octanol–water partition coefficient (Wildman–Crippen LogP) is 15.6. The number of aromatic nitrogens is 1. The number of hydrogen-bond donors (Lipinski definition) is 1. The molecule has 0 fully saturated rings. The average molecular weight is 778 g/mol. The lowest BCUT2D eigenvalue weighted by atomic mass is 9.86. The van der Waals surface area contributed by atoms with Crippen LogP contribution in [0.1, 0.15) is 60.2 Å². The first kappa shape index (κ1) is 37.0. The minimum Gasteiger partial charge on any atom is -0.310 e. The van der Waals surface area contributed by atoms with E-state index in [0.29, 0.717) is 0 Å². The first-order chi connectivity index (χ1) is 29.2. The summed E-state index contributed by atoms with van der Waals surface area (Å²) < 4.78 is 2.46. The molecule has 11 rings (SSSR count). The fourth-order valence-electron chi connectivity index (χ4n) is 9.87. The Morgan fingerprint density at radius 3 is 2.08 bits per heavy atom. The summed E-state index contributed by atoms with van der Waals surface area (Å²) in [5, 5.41) is 8.33. The van der Waals surface area contributed by atoms with Crippen LogP contribution in [0.25, 0.3) is 77.6 Å². The van der Waals surface area contributed by atoms with Gasteiger partial charge in [0.15, 0.2) is 0 Å². The molecule has 7 aromatic carbocycles. The molecular weight excluding hydrogens is 731 g/mol. The summed E-state index contributed by atoms with van der Waals surface area (Å²) in [6.45, 7) is 4.00. The molecule has 59 heavy (non-hydrogen) atoms. The molecule has 0 aliphatic heterocycles. The number of thiol groups is 1. The zero-order valence-corrected chi connectivity index (χ0v) is 34.6. The van der Waals surface area contributed by atoms with Crippen LogP contribution in [0, 0.1) is 0 Å². The molecule has 0 radical (unpaired) electrons. The molecule has 0 saturated carbocycles. The number of rotatable bonds is 7. The molecule has 0 N–H and O–H groups in total. The zero-order valence-electron chi connectivity index (χ0n) is 33.8. The Balaban J connectivity index is 0.00000207. The van der Waals surface area contributed by atoms with Gasteiger partial charge in [-0.15, -0.1) is 0 Å². The number of benzene rings is 7. The fraction of sp³-hybridized carbons (Fsp3) is 0.123. The zero-order chi connectivity index (χ0) is 39.9. The number of hydrogen-bond acceptors (Lipinski definition) is 1. The standard InChI is InChI=1S/C55H41NS.C2H6/c57-35-41(20-10-17-36-18-12-27-44-43-22-5-4-16-39(43)34-50(36)44)38-30-31-53-51(33-38)45-28-13-29-52(45)56(53)42-21-11-19-40(32-42)55-48-25-8-6-23-46(48)54(37-14-2-1-3-15-37)47-24-7-9-26-49(47)55;1-2/h1-3,5-15,18-27,29-33,35,57H,4,16-17,28,34H2;1-2H3/b20-10-,41-35+;. The minimum absolute atomic E-state index is 0.909. The van der Waals surface area contributed by atoms with Crippen molar-refractivity contribution in [1.29, 1.82) is 0 Å². The van der Waals surface area contributed by atoms with E-state index in [1.165, 1.54) is 106 Å². The molecule has 3 aliphatic carbocycles. The molecule has 0 unspecified atom stereocenters. The van der Waals surface area contributed by atoms with E-state index in [4.69, 9.17) is 12.6 Å². The van der Waals surface area contributed by atoms with Crippen LogP contribution in [0.3, 0.4) is 0 Å². The lowest BCUT2D eigenvalue weighted by molar-refractivity contribution is 0.930. The number of nitrogens with zero attached hydrogens (tertiary/aromatic N) is 1. The molecule has 0 saturated heterocycles. The van der Waals surface area contributed by atoms with Gasteiger partial charge in [-0.1, -0.05) is 165 Å². The van der Waals surface area contributed by atoms with Gasteiger partial charge in [0.1, 0.15) is 0 Å². The van der Waals surface area contributed by atoms with Gasteiger partial charge in [0.2, 0.25) is 0 Å². The van der Waals surface area contributed by atoms with Gasteiger partial charge in [0.25, 0.3) is 0 Å². The minimum atomic E-state index is 0.909. The Morgan fingerprint density at radius 2 is 1.34 bits per heavy atom. The summed E-state index contributed by atoms with van der Waals surface area (Å²) >= 11 is 4.73. The number of fused-ring (bicyclic) bond motifs is 7. The maximum atomic E-state index is 4.73. The quantitative estimate of drug-likeness (QED) is 0.0934. The summed E-state index contributed by atoms with van der Waals surface area (Å²) in [6, 6.07) is 51.6. The molecule has 1 heterocycles. The van der Waals surface area contributed by atoms with Crippen LogP contribution in [0.4, 0.5) is 0 Å². The Labute approximate surface area is 353 Å². The molecule has 286 valence electrons. The van der Waals surface area contributed by atoms with E-state index in [-0.39, 0.29) is 0 Å². The molecule has 0 bridgehead atoms. The topological polar surface area (TPSA) is 4.93 Å². The average Bonchev–Trinajstić information content (AvgIpc) is 4.01. The summed E-state index contributed by atoms with van der Waals surface area (Å²) in [6.07, 6.45) is 19.1. The maximum absolute atomic E-state index is 4.73. The molecule has 2 heteroatoms. The summed E-state index contributed by atoms with van der Waals surface area (Å²) in [4.78, 5) is 0. The van der Waals surface area contributed by atoms with Crippen molar-refractivity contribution in [3.05, 3.63) is 214 Å². The molecule has 1 nitrogen and oxygen atoms in total. The normalized spacial score (nSPS) is 14.3. The van der Waals surface area contributed by atoms with Gasteiger partial charge in [-0.25, -0.2) is 0 Å². The smallest absolute Gasteiger partial charge is 0.0538 e. The summed E-state index contributed by atoms with van der Waals surface area (Å²) in [5.74, 6) is 0. The van der Waals surface area contributed by atoms with Crippen LogP contribution in [-0.2, 0) is 19.3 Å². The van der Waals surface area contributed by atoms with Crippen LogP contribution in [0.5, 0.6) is 0 Å². The molecule has 0 amide bonds. The highest BCUT2D eigenvalue weighted by molar-refractivity contribution is 7.83. The Kier molecular flexibility index (Phi) is 9.88. The Hall–Kier alpha value is -6.35. The fourth-order valence-corrected chi connectivity index (χ4v) is 10.1. The molecular formula is C57H47NS. The first-order valence-corrected chi connectivity index (χ1v) is 21.7. The van der Waals surface area contributed by atoms with Gasteiger partial charge in [-0.3, -0.25) is 0 Å². The predicted molar refractivity (Wildman–Crippen MR) is 258 cm³/mol. The van der Waals surface area contributed by atoms with Gasteiger partial charge in [-0.05, 0) is 151 Å². The van der Waals surface area contributed by atoms with E-state index >= 15 is 0 Å². The van der Waals surface area contributed by atoms with Crippen molar-refractivity contribution >= 4 is 62.3 Å². The van der Waals surface area contributed by atoms with Gasteiger partial charge in [-0.2, -0.15) is 12.6 Å². The highest BCUT2D eigenvalue weighted by Gasteiger charge is 2.24. The van der Waals surface area contributed by atoms with Crippen LogP contribution in [0.2, 0.25) is 0 Å². The molecule has 1 aromatic heterocycles. The number of allylic oxidation sites excluding steroid dienone is 8. The first-order valence-electron chi connectivity index (χ1n) is 21.2. The van der Waals surface area contributed by atoms with E-state index < -0.39 is 0 Å². The third kappa shape index (κ3) is 6.35. The van der Waals surface area contributed by atoms with Gasteiger partial charge in [0.05, 0.1) is 11.2 Å². The SMILES string of the molecule is CC.S/C=C(\C=C/Cc1cccc2c1CC1=C2C=CCC1)c1ccc2c(c1)c1c(n2-c2cccc(-c3c4ccccc4c(-c4ccccc4)c4ccccc34)c2)C=CC1. The van der Waals surface area contributed by atoms with E-state index in [2.05, 4.69) is 181 Å². The van der Waals surface area contributed by atoms with E-state index in [1.54, 1.807) is 5.57 Å². The second kappa shape index (κ2) is 15.8. The van der Waals surface area contributed by atoms with Crippen molar-refractivity contribution in [3.63, 3.8) is 0 Å². The third-order valence-corrected chi connectivity index (χ3v) is 12.7. The van der Waals surface area contributed by atoms with Gasteiger partial charge >= 0.3 is 0 Å². The molecule has 0 spiro atoms. The molecule has 8 aromatic rings. The van der Waals surface area contributed by atoms with Crippen molar-refractivity contribution in [2.45, 2.75) is 46.0 Å². The van der Waals surface area contributed by atoms with Crippen LogP contribution >= 0.6 is 12.6 Å². The van der Waals surface area contributed by atoms with Crippen LogP contribution in [0.15, 0.2) is 181 Å². The lowest BCUT2D eigenvalue weighted by Gasteiger charge is -2.18. The maximum Gasteiger partial charge on any atom is 0.0538 e. The van der Waals surface area contributed by atoms with E-state index in [0.717, 1.165) is 31.3 Å². The van der Waals surface area contributed by atoms with Crippen molar-refractivity contribution in [1.82, 2.24) is 4.57 Å². The van der Waals surface area contributed by atoms with Crippen LogP contribution < -0.4 is 0 Å². The summed E-state index contributed by atoms with van der Waals surface area (Å²) in [5.41, 5.74) is 19.8. The Bertz CT molecular complexity index is 3030. The molecule has 0 atom stereocenters. The van der Waals surface area contributed by atoms with E-state index in [1.807, 2.05) is 19.3 Å².